The van der Waals surface area contributed by atoms with Gasteiger partial charge in [0.05, 0.1) is 0 Å². The van der Waals surface area contributed by atoms with Gasteiger partial charge in [0.25, 0.3) is 0 Å². The number of ether oxygens (including phenoxy) is 1. The van der Waals surface area contributed by atoms with Crippen molar-refractivity contribution in [2.24, 2.45) is 0 Å². The molecule has 0 saturated carbocycles. The summed E-state index contributed by atoms with van der Waals surface area (Å²) in [6, 6.07) is 0. The van der Waals surface area contributed by atoms with Crippen LogP contribution in [0.3, 0.4) is 0 Å². The number of benzene rings is 1. The second kappa shape index (κ2) is 11.0. The number of rotatable bonds is 5. The molecule has 1 saturated heterocycles. The predicted octanol–water partition coefficient (Wildman–Crippen LogP) is 1.20. The van der Waals surface area contributed by atoms with Crippen LogP contribution < -0.4 is 60.5 Å². The molecule has 0 spiro atoms. The Labute approximate surface area is 235 Å². The van der Waals surface area contributed by atoms with Gasteiger partial charge in [-0.3, -0.25) is 0 Å². The van der Waals surface area contributed by atoms with Gasteiger partial charge in [0.1, 0.15) is 5.60 Å². The maximum atomic E-state index is 13.3. The molecule has 14 heteroatoms. The molecule has 0 radical (unpaired) electrons. The maximum absolute atomic E-state index is 13.3. The number of nitrogens with zero attached hydrogens (tertiary/aromatic N) is 2. The quantitative estimate of drug-likeness (QED) is 0.329. The van der Waals surface area contributed by atoms with Gasteiger partial charge in [0.15, 0.2) is 5.75 Å². The summed E-state index contributed by atoms with van der Waals surface area (Å²) in [5.41, 5.74) is -0.0219. The first-order valence-electron chi connectivity index (χ1n) is 10.1. The first-order valence-corrected chi connectivity index (χ1v) is 11.4. The van der Waals surface area contributed by atoms with Crippen molar-refractivity contribution in [3.63, 3.8) is 0 Å². The third kappa shape index (κ3) is 8.57. The van der Waals surface area contributed by atoms with E-state index in [9.17, 15) is 30.0 Å². The average Bonchev–Trinajstić information content (AvgIpc) is 2.60. The zero-order valence-corrected chi connectivity index (χ0v) is 23.9. The molecule has 7 nitrogen and oxygen atoms in total. The van der Waals surface area contributed by atoms with Crippen molar-refractivity contribution >= 4 is 29.3 Å². The van der Waals surface area contributed by atoms with E-state index >= 15 is 0 Å². The molecule has 0 aliphatic carbocycles. The predicted molar refractivity (Wildman–Crippen MR) is 114 cm³/mol. The molecule has 1 aromatic carbocycles. The van der Waals surface area contributed by atoms with Gasteiger partial charge in [-0.15, -0.1) is 0 Å². The second-order valence-corrected chi connectivity index (χ2v) is 9.83. The van der Waals surface area contributed by atoms with E-state index < -0.39 is 41.2 Å². The van der Waals surface area contributed by atoms with E-state index in [-0.39, 0.29) is 94.3 Å². The topological polar surface area (TPSA) is 76.2 Å². The molecule has 1 aliphatic heterocycles. The van der Waals surface area contributed by atoms with Crippen LogP contribution in [0.25, 0.3) is 0 Å². The standard InChI is InChI=1S/C19H28BF4N2O5S.K/c1-12-15(11-20(21,22)23)13(2)17(31-32(24,28)29)14(3)16(12)25-7-9-26(10-8-25)18(27)30-19(4,5)6;/h7-11H2,1-6H3;/q-1;+1. The molecule has 0 aromatic heterocycles. The zero-order valence-electron chi connectivity index (χ0n) is 20.0. The summed E-state index contributed by atoms with van der Waals surface area (Å²) < 4.78 is 85.2. The molecule has 1 aromatic rings. The van der Waals surface area contributed by atoms with Gasteiger partial charge >= 0.3 is 75.0 Å². The summed E-state index contributed by atoms with van der Waals surface area (Å²) in [6.45, 7) is 5.27. The van der Waals surface area contributed by atoms with Crippen LogP contribution in [0.2, 0.25) is 0 Å². The minimum absolute atomic E-state index is 0. The Balaban J connectivity index is 0.00000544. The SMILES string of the molecule is Cc1c(C[B-](F)(F)F)c(C)c(N2CCN(C(=O)OC(C)(C)C)CC2)c(C)c1OS(=O)(=O)F.[K+]. The molecular formula is C19H28BF4KN2O5S. The number of carbonyl (C=O) groups is 1. The van der Waals surface area contributed by atoms with Gasteiger partial charge < -0.3 is 31.7 Å². The minimum atomic E-state index is -5.44. The summed E-state index contributed by atoms with van der Waals surface area (Å²) in [7, 11) is -5.44. The van der Waals surface area contributed by atoms with E-state index in [0.29, 0.717) is 11.3 Å². The summed E-state index contributed by atoms with van der Waals surface area (Å²) >= 11 is 0. The molecule has 2 rings (SSSR count). The maximum Gasteiger partial charge on any atom is 1.00 e. The van der Waals surface area contributed by atoms with Gasteiger partial charge in [-0.05, 0) is 52.7 Å². The molecule has 0 atom stereocenters. The van der Waals surface area contributed by atoms with Crippen LogP contribution in [0, 0.1) is 20.8 Å². The van der Waals surface area contributed by atoms with Crippen LogP contribution in [-0.4, -0.2) is 58.2 Å². The number of piperazine rings is 1. The first kappa shape index (κ1) is 30.5. The fourth-order valence-corrected chi connectivity index (χ4v) is 4.36. The van der Waals surface area contributed by atoms with Crippen molar-refractivity contribution in [2.45, 2.75) is 53.5 Å². The molecule has 0 bridgehead atoms. The van der Waals surface area contributed by atoms with Crippen molar-refractivity contribution in [1.82, 2.24) is 4.90 Å². The van der Waals surface area contributed by atoms with E-state index in [0.717, 1.165) is 0 Å². The van der Waals surface area contributed by atoms with Crippen LogP contribution in [0.5, 0.6) is 5.75 Å². The Bertz CT molecular complexity index is 992. The molecular weight excluding hydrogens is 494 g/mol. The third-order valence-corrected chi connectivity index (χ3v) is 5.53. The number of hydrogen-bond donors (Lipinski definition) is 0. The molecule has 0 N–H and O–H groups in total. The van der Waals surface area contributed by atoms with Crippen LogP contribution in [0.1, 0.15) is 43.0 Å². The van der Waals surface area contributed by atoms with Gasteiger partial charge in [-0.2, -0.15) is 8.42 Å². The Morgan fingerprint density at radius 1 is 1.00 bits per heavy atom. The Morgan fingerprint density at radius 3 is 1.94 bits per heavy atom. The van der Waals surface area contributed by atoms with Crippen molar-refractivity contribution in [1.29, 1.82) is 0 Å². The van der Waals surface area contributed by atoms with E-state index in [1.54, 1.807) is 25.7 Å². The molecule has 1 fully saturated rings. The Kier molecular flexibility index (Phi) is 10.2. The summed E-state index contributed by atoms with van der Waals surface area (Å²) in [4.78, 5) is 15.5. The van der Waals surface area contributed by atoms with Crippen LogP contribution in [0.4, 0.5) is 27.3 Å². The molecule has 33 heavy (non-hydrogen) atoms. The number of anilines is 1. The van der Waals surface area contributed by atoms with E-state index in [1.807, 2.05) is 0 Å². The van der Waals surface area contributed by atoms with Gasteiger partial charge in [0, 0.05) is 37.4 Å². The van der Waals surface area contributed by atoms with Crippen molar-refractivity contribution in [3.05, 3.63) is 22.3 Å². The molecule has 1 amide bonds. The average molecular weight is 522 g/mol. The summed E-state index contributed by atoms with van der Waals surface area (Å²) in [5, 5.41) is 0. The smallest absolute Gasteiger partial charge is 0.449 e. The normalized spacial score (nSPS) is 15.2. The number of halogens is 4. The van der Waals surface area contributed by atoms with Crippen LogP contribution in [-0.2, 0) is 21.6 Å². The van der Waals surface area contributed by atoms with Crippen LogP contribution in [0.15, 0.2) is 0 Å². The van der Waals surface area contributed by atoms with Crippen LogP contribution >= 0.6 is 0 Å². The van der Waals surface area contributed by atoms with Crippen molar-refractivity contribution in [2.75, 3.05) is 31.1 Å². The molecule has 1 heterocycles. The minimum Gasteiger partial charge on any atom is -0.449 e. The van der Waals surface area contributed by atoms with Gasteiger partial charge in [0.2, 0.25) is 0 Å². The summed E-state index contributed by atoms with van der Waals surface area (Å²) in [6.07, 6.45) is -1.76. The first-order chi connectivity index (χ1) is 14.4. The van der Waals surface area contributed by atoms with E-state index in [1.165, 1.54) is 25.7 Å². The largest absolute Gasteiger partial charge is 1.00 e. The zero-order chi connectivity index (χ0) is 24.6. The van der Waals surface area contributed by atoms with E-state index in [4.69, 9.17) is 4.74 Å². The Hall–Kier alpha value is -0.539. The third-order valence-electron chi connectivity index (χ3n) is 5.16. The summed E-state index contributed by atoms with van der Waals surface area (Å²) in [5.74, 6) is -0.447. The fourth-order valence-electron chi connectivity index (χ4n) is 3.91. The van der Waals surface area contributed by atoms with E-state index in [2.05, 4.69) is 4.18 Å². The van der Waals surface area contributed by atoms with Crippen molar-refractivity contribution < 1.29 is 90.3 Å². The van der Waals surface area contributed by atoms with Gasteiger partial charge in [-0.25, -0.2) is 4.79 Å². The van der Waals surface area contributed by atoms with Crippen molar-refractivity contribution in [3.8, 4) is 5.75 Å². The number of amides is 1. The molecule has 1 aliphatic rings. The van der Waals surface area contributed by atoms with Gasteiger partial charge in [-0.1, -0.05) is 15.8 Å². The number of hydrogen-bond acceptors (Lipinski definition) is 6. The molecule has 0 unspecified atom stereocenters. The molecule has 182 valence electrons. The second-order valence-electron chi connectivity index (χ2n) is 8.88. The number of carbonyl (C=O) groups excluding carboxylic acids is 1. The monoisotopic (exact) mass is 522 g/mol. The Morgan fingerprint density at radius 2 is 1.52 bits per heavy atom. The fraction of sp³-hybridized carbons (Fsp3) is 0.632.